The van der Waals surface area contributed by atoms with Gasteiger partial charge in [0.05, 0.1) is 7.11 Å². The fourth-order valence-corrected chi connectivity index (χ4v) is 5.65. The maximum atomic E-state index is 13.4. The number of hydrogen-bond acceptors (Lipinski definition) is 3. The molecule has 134 valence electrons. The molecule has 0 bridgehead atoms. The van der Waals surface area contributed by atoms with Gasteiger partial charge in [0, 0.05) is 28.2 Å². The molecular weight excluding hydrogens is 332 g/mol. The van der Waals surface area contributed by atoms with Crippen LogP contribution in [0.15, 0.2) is 24.3 Å². The maximum Gasteiger partial charge on any atom is 0.270 e. The van der Waals surface area contributed by atoms with Crippen molar-refractivity contribution in [2.45, 2.75) is 43.4 Å². The number of ether oxygens (including phenoxy) is 1. The summed E-state index contributed by atoms with van der Waals surface area (Å²) in [6, 6.07) is 7.84. The molecule has 2 heterocycles. The summed E-state index contributed by atoms with van der Waals surface area (Å²) in [7, 11) is 1.67. The molecule has 1 aromatic heterocycles. The Kier molecular flexibility index (Phi) is 4.22. The first-order valence-corrected chi connectivity index (χ1v) is 10.4. The smallest absolute Gasteiger partial charge is 0.270 e. The van der Waals surface area contributed by atoms with Crippen molar-refractivity contribution in [3.63, 3.8) is 0 Å². The van der Waals surface area contributed by atoms with Gasteiger partial charge in [0.25, 0.3) is 5.91 Å². The Morgan fingerprint density at radius 3 is 2.96 bits per heavy atom. The van der Waals surface area contributed by atoms with Crippen molar-refractivity contribution in [3.8, 4) is 5.75 Å². The fourth-order valence-electron chi connectivity index (χ4n) is 4.90. The Morgan fingerprint density at radius 1 is 1.44 bits per heavy atom. The van der Waals surface area contributed by atoms with E-state index in [0.29, 0.717) is 16.9 Å². The van der Waals surface area contributed by atoms with E-state index in [2.05, 4.69) is 23.1 Å². The van der Waals surface area contributed by atoms with Crippen LogP contribution in [0.25, 0.3) is 10.9 Å². The van der Waals surface area contributed by atoms with E-state index in [1.165, 1.54) is 12.8 Å². The number of fused-ring (bicyclic) bond motifs is 1. The van der Waals surface area contributed by atoms with E-state index in [9.17, 15) is 4.79 Å². The molecule has 1 amide bonds. The topological polar surface area (TPSA) is 45.3 Å². The van der Waals surface area contributed by atoms with Gasteiger partial charge >= 0.3 is 0 Å². The molecule has 5 heteroatoms. The highest BCUT2D eigenvalue weighted by molar-refractivity contribution is 7.99. The van der Waals surface area contributed by atoms with Crippen LogP contribution in [0, 0.1) is 5.92 Å². The second-order valence-corrected chi connectivity index (χ2v) is 8.62. The number of aromatic amines is 1. The van der Waals surface area contributed by atoms with Gasteiger partial charge in [-0.15, -0.1) is 0 Å². The minimum atomic E-state index is 0.0478. The molecule has 3 atom stereocenters. The highest BCUT2D eigenvalue weighted by atomic mass is 32.2. The number of hydrogen-bond donors (Lipinski definition) is 1. The lowest BCUT2D eigenvalue weighted by molar-refractivity contribution is 0.0514. The molecule has 2 aromatic rings. The number of rotatable bonds is 3. The van der Waals surface area contributed by atoms with E-state index in [1.807, 2.05) is 36.0 Å². The molecular formula is C20H26N2O2S. The van der Waals surface area contributed by atoms with E-state index in [1.54, 1.807) is 7.11 Å². The molecule has 1 spiro atoms. The normalized spacial score (nSPS) is 29.0. The molecule has 1 aromatic carbocycles. The molecule has 0 radical (unpaired) electrons. The number of carbonyl (C=O) groups excluding carboxylic acids is 1. The quantitative estimate of drug-likeness (QED) is 0.889. The number of thioether (sulfide) groups is 1. The van der Waals surface area contributed by atoms with Crippen molar-refractivity contribution < 1.29 is 9.53 Å². The van der Waals surface area contributed by atoms with E-state index >= 15 is 0 Å². The summed E-state index contributed by atoms with van der Waals surface area (Å²) in [4.78, 5) is 18.9. The van der Waals surface area contributed by atoms with E-state index < -0.39 is 0 Å². The molecule has 1 aliphatic carbocycles. The van der Waals surface area contributed by atoms with Gasteiger partial charge in [-0.3, -0.25) is 4.79 Å². The number of H-pyrrole nitrogens is 1. The third-order valence-corrected chi connectivity index (χ3v) is 7.30. The summed E-state index contributed by atoms with van der Waals surface area (Å²) < 4.78 is 5.44. The molecule has 2 fully saturated rings. The van der Waals surface area contributed by atoms with Crippen LogP contribution in [0.2, 0.25) is 0 Å². The van der Waals surface area contributed by atoms with Gasteiger partial charge in [0.1, 0.15) is 11.4 Å². The van der Waals surface area contributed by atoms with E-state index in [4.69, 9.17) is 4.74 Å². The molecule has 1 N–H and O–H groups in total. The van der Waals surface area contributed by atoms with E-state index in [0.717, 1.165) is 36.0 Å². The van der Waals surface area contributed by atoms with Crippen LogP contribution in [-0.2, 0) is 0 Å². The third kappa shape index (κ3) is 2.55. The van der Waals surface area contributed by atoms with Gasteiger partial charge in [-0.2, -0.15) is 11.8 Å². The molecule has 2 aliphatic rings. The zero-order chi connectivity index (χ0) is 17.6. The number of nitrogens with one attached hydrogen (secondary N) is 1. The number of nitrogens with zero attached hydrogens (tertiary/aromatic N) is 1. The summed E-state index contributed by atoms with van der Waals surface area (Å²) in [6.45, 7) is 3.18. The molecule has 25 heavy (non-hydrogen) atoms. The molecule has 4 rings (SSSR count). The van der Waals surface area contributed by atoms with Crippen LogP contribution in [0.3, 0.4) is 0 Å². The minimum Gasteiger partial charge on any atom is -0.496 e. The molecule has 4 nitrogen and oxygen atoms in total. The van der Waals surface area contributed by atoms with Crippen molar-refractivity contribution in [3.05, 3.63) is 30.0 Å². The highest BCUT2D eigenvalue weighted by Gasteiger charge is 2.53. The number of likely N-dealkylation sites (tertiary alicyclic amines) is 1. The number of amides is 1. The predicted molar refractivity (Wildman–Crippen MR) is 104 cm³/mol. The van der Waals surface area contributed by atoms with Gasteiger partial charge in [0.2, 0.25) is 0 Å². The van der Waals surface area contributed by atoms with Crippen LogP contribution in [0.1, 0.15) is 43.1 Å². The fraction of sp³-hybridized carbons (Fsp3) is 0.550. The number of methoxy groups -OCH3 is 1. The summed E-state index contributed by atoms with van der Waals surface area (Å²) in [5.41, 5.74) is 1.68. The standard InChI is InChI=1S/C20H26N2O2S/c1-13-6-5-9-20(13)11-14(25-3)12-22(20)19(23)17-10-15-16(21-17)7-4-8-18(15)24-2/h4,7-8,10,13-14,21H,5-6,9,11-12H2,1-3H3. The lowest BCUT2D eigenvalue weighted by atomic mass is 9.85. The highest BCUT2D eigenvalue weighted by Crippen LogP contribution is 2.49. The Hall–Kier alpha value is -1.62. The zero-order valence-electron chi connectivity index (χ0n) is 15.2. The first-order valence-electron chi connectivity index (χ1n) is 9.09. The van der Waals surface area contributed by atoms with Crippen molar-refractivity contribution >= 4 is 28.6 Å². The second kappa shape index (κ2) is 6.27. The van der Waals surface area contributed by atoms with Crippen molar-refractivity contribution in [1.82, 2.24) is 9.88 Å². The predicted octanol–water partition coefficient (Wildman–Crippen LogP) is 4.31. The zero-order valence-corrected chi connectivity index (χ0v) is 16.0. The monoisotopic (exact) mass is 358 g/mol. The first-order chi connectivity index (χ1) is 12.1. The van der Waals surface area contributed by atoms with Gasteiger partial charge < -0.3 is 14.6 Å². The van der Waals surface area contributed by atoms with Crippen molar-refractivity contribution in [1.29, 1.82) is 0 Å². The van der Waals surface area contributed by atoms with E-state index in [-0.39, 0.29) is 11.4 Å². The number of carbonyl (C=O) groups is 1. The third-order valence-electron chi connectivity index (χ3n) is 6.32. The van der Waals surface area contributed by atoms with Crippen molar-refractivity contribution in [2.75, 3.05) is 19.9 Å². The van der Waals surface area contributed by atoms with Crippen molar-refractivity contribution in [2.24, 2.45) is 5.92 Å². The van der Waals surface area contributed by atoms with Gasteiger partial charge in [-0.25, -0.2) is 0 Å². The first kappa shape index (κ1) is 16.8. The summed E-state index contributed by atoms with van der Waals surface area (Å²) >= 11 is 1.90. The lowest BCUT2D eigenvalue weighted by Gasteiger charge is -2.38. The molecule has 1 saturated carbocycles. The summed E-state index contributed by atoms with van der Waals surface area (Å²) in [5.74, 6) is 1.52. The van der Waals surface area contributed by atoms with Crippen LogP contribution in [-0.4, -0.2) is 46.5 Å². The Morgan fingerprint density at radius 2 is 2.28 bits per heavy atom. The average molecular weight is 359 g/mol. The second-order valence-electron chi connectivity index (χ2n) is 7.48. The largest absolute Gasteiger partial charge is 0.496 e. The summed E-state index contributed by atoms with van der Waals surface area (Å²) in [6.07, 6.45) is 6.89. The van der Waals surface area contributed by atoms with Gasteiger partial charge in [-0.05, 0) is 49.6 Å². The Labute approximate surface area is 153 Å². The Balaban J connectivity index is 1.72. The van der Waals surface area contributed by atoms with Gasteiger partial charge in [0.15, 0.2) is 0 Å². The van der Waals surface area contributed by atoms with Gasteiger partial charge in [-0.1, -0.05) is 19.4 Å². The average Bonchev–Trinajstić information content (AvgIpc) is 3.32. The molecule has 3 unspecified atom stereocenters. The molecule has 1 saturated heterocycles. The number of aromatic nitrogens is 1. The number of benzene rings is 1. The Bertz CT molecular complexity index is 802. The maximum absolute atomic E-state index is 13.4. The van der Waals surface area contributed by atoms with Crippen LogP contribution < -0.4 is 4.74 Å². The van der Waals surface area contributed by atoms with Crippen LogP contribution in [0.5, 0.6) is 5.75 Å². The van der Waals surface area contributed by atoms with Crippen LogP contribution >= 0.6 is 11.8 Å². The summed E-state index contributed by atoms with van der Waals surface area (Å²) in [5, 5.41) is 1.52. The SMILES string of the molecule is COc1cccc2[nH]c(C(=O)N3CC(SC)CC34CCCC4C)cc12. The van der Waals surface area contributed by atoms with Crippen LogP contribution in [0.4, 0.5) is 0 Å². The molecule has 1 aliphatic heterocycles. The minimum absolute atomic E-state index is 0.0478. The lowest BCUT2D eigenvalue weighted by Crippen LogP contribution is -2.49.